The molecule has 0 aromatic carbocycles. The predicted molar refractivity (Wildman–Crippen MR) is 180 cm³/mol. The van der Waals surface area contributed by atoms with Crippen LogP contribution in [0.2, 0.25) is 39.3 Å². The van der Waals surface area contributed by atoms with Crippen LogP contribution in [0.25, 0.3) is 4.65 Å². The number of aromatic nitrogens is 6. The molecule has 0 N–H and O–H groups in total. The van der Waals surface area contributed by atoms with Gasteiger partial charge in [0.2, 0.25) is 0 Å². The van der Waals surface area contributed by atoms with Crippen LogP contribution < -0.4 is 0 Å². The van der Waals surface area contributed by atoms with Gasteiger partial charge in [-0.1, -0.05) is 118 Å². The molecule has 0 spiro atoms. The van der Waals surface area contributed by atoms with Crippen molar-refractivity contribution in [2.24, 2.45) is 0 Å². The first-order valence-corrected chi connectivity index (χ1v) is 21.7. The largest absolute Gasteiger partial charge is 0.668 e. The summed E-state index contributed by atoms with van der Waals surface area (Å²) in [6, 6.07) is 6.60. The maximum atomic E-state index is 5.09. The number of hydrogen-bond acceptors (Lipinski definition) is 3. The average Bonchev–Trinajstić information content (AvgIpc) is 3.37. The van der Waals surface area contributed by atoms with Gasteiger partial charge in [0, 0.05) is 53.1 Å². The topological polar surface area (TPSA) is 67.6 Å². The molecular formula is C30H58BN7Si2Tm-2. The number of nitrogens with zero attached hydrogens (tertiary/aromatic N) is 7. The summed E-state index contributed by atoms with van der Waals surface area (Å²) < 4.78 is 11.3. The van der Waals surface area contributed by atoms with Gasteiger partial charge in [0.1, 0.15) is 0 Å². The van der Waals surface area contributed by atoms with Crippen LogP contribution in [0.3, 0.4) is 0 Å². The van der Waals surface area contributed by atoms with Gasteiger partial charge in [-0.2, -0.15) is 0 Å². The zero-order valence-corrected chi connectivity index (χ0v) is 33.1. The third kappa shape index (κ3) is 10.8. The predicted octanol–water partition coefficient (Wildman–Crippen LogP) is 7.79. The van der Waals surface area contributed by atoms with Crippen molar-refractivity contribution in [3.63, 3.8) is 0 Å². The van der Waals surface area contributed by atoms with Gasteiger partial charge in [0.25, 0.3) is 0 Å². The van der Waals surface area contributed by atoms with Crippen LogP contribution in [0.4, 0.5) is 0 Å². The molecule has 0 saturated heterocycles. The summed E-state index contributed by atoms with van der Waals surface area (Å²) in [5.41, 5.74) is 6.58. The van der Waals surface area contributed by atoms with Crippen molar-refractivity contribution in [3.05, 3.63) is 57.0 Å². The van der Waals surface area contributed by atoms with Crippen LogP contribution in [0, 0.1) is 57.6 Å². The van der Waals surface area contributed by atoms with E-state index in [1.807, 2.05) is 0 Å². The van der Waals surface area contributed by atoms with Crippen LogP contribution >= 0.6 is 0 Å². The Morgan fingerprint density at radius 2 is 0.756 bits per heavy atom. The van der Waals surface area contributed by atoms with E-state index >= 15 is 0 Å². The van der Waals surface area contributed by atoms with Crippen molar-refractivity contribution in [1.29, 1.82) is 0 Å². The second-order valence-corrected chi connectivity index (χ2v) is 26.2. The Bertz CT molecular complexity index is 1140. The van der Waals surface area contributed by atoms with Crippen molar-refractivity contribution in [3.8, 4) is 0 Å². The molecule has 0 unspecified atom stereocenters. The van der Waals surface area contributed by atoms with E-state index in [1.165, 1.54) is 0 Å². The summed E-state index contributed by atoms with van der Waals surface area (Å²) in [6.07, 6.45) is 0. The van der Waals surface area contributed by atoms with Gasteiger partial charge in [-0.15, -0.1) is 0 Å². The molecule has 7 nitrogen and oxygen atoms in total. The molecule has 0 atom stereocenters. The minimum absolute atomic E-state index is 0. The molecule has 3 aromatic heterocycles. The molecular weight excluding hydrogens is 694 g/mol. The minimum Gasteiger partial charge on any atom is -0.668 e. The summed E-state index contributed by atoms with van der Waals surface area (Å²) in [5, 5.41) is 15.3. The number of hydrogen-bond donors (Lipinski definition) is 0. The smallest absolute Gasteiger partial charge is 0.326 e. The quantitative estimate of drug-likeness (QED) is 0.250. The molecule has 239 valence electrons. The van der Waals surface area contributed by atoms with Crippen LogP contribution in [-0.2, 0) is 16.2 Å². The molecule has 0 bridgehead atoms. The van der Waals surface area contributed by atoms with Crippen molar-refractivity contribution < 1.29 is 36.9 Å². The Morgan fingerprint density at radius 1 is 0.537 bits per heavy atom. The first kappa shape index (κ1) is 38.3. The molecule has 0 amide bonds. The van der Waals surface area contributed by atoms with E-state index < -0.39 is 23.6 Å². The van der Waals surface area contributed by atoms with Crippen molar-refractivity contribution in [2.75, 3.05) is 0 Å². The summed E-state index contributed by atoms with van der Waals surface area (Å²) in [5.74, 6) is 0. The molecule has 0 aliphatic carbocycles. The molecule has 41 heavy (non-hydrogen) atoms. The standard InChI is InChI=1S/C24H40BN6.C6H18NSi2.Tm/c1-16-13-19(22(4,5)6)26-29(16)25(30-17(2)14-20(27-30)23(7,8)9)31-18(3)15-21(28-31)24(10,11)12;1-8(2,3)7-9(4,5)6;/h13-15,25H,1-12H3;1-6H3;/q2*-1;. The van der Waals surface area contributed by atoms with Crippen LogP contribution in [0.1, 0.15) is 96.5 Å². The summed E-state index contributed by atoms with van der Waals surface area (Å²) in [7, 11) is -3.63. The molecule has 3 aromatic rings. The Kier molecular flexibility index (Phi) is 12.3. The second kappa shape index (κ2) is 13.1. The van der Waals surface area contributed by atoms with E-state index in [0.717, 1.165) is 34.2 Å². The molecule has 1 radical (unpaired) electrons. The summed E-state index contributed by atoms with van der Waals surface area (Å²) >= 11 is 0. The van der Waals surface area contributed by atoms with Gasteiger partial charge in [-0.05, 0) is 56.1 Å². The van der Waals surface area contributed by atoms with E-state index in [9.17, 15) is 0 Å². The fourth-order valence-corrected chi connectivity index (χ4v) is 12.9. The van der Waals surface area contributed by atoms with Gasteiger partial charge >= 0.3 is 7.12 Å². The van der Waals surface area contributed by atoms with Crippen molar-refractivity contribution in [2.45, 2.75) is 139 Å². The van der Waals surface area contributed by atoms with Crippen molar-refractivity contribution in [1.82, 2.24) is 29.1 Å². The van der Waals surface area contributed by atoms with E-state index in [0.29, 0.717) is 0 Å². The zero-order valence-electron chi connectivity index (χ0n) is 29.3. The second-order valence-electron chi connectivity index (χ2n) is 16.6. The first-order valence-electron chi connectivity index (χ1n) is 14.8. The Balaban J connectivity index is 0.000000728. The van der Waals surface area contributed by atoms with E-state index in [-0.39, 0.29) is 53.1 Å². The fraction of sp³-hybridized carbons (Fsp3) is 0.700. The van der Waals surface area contributed by atoms with E-state index in [1.54, 1.807) is 0 Å². The fourth-order valence-electron chi connectivity index (χ4n) is 4.88. The third-order valence-corrected chi connectivity index (χ3v) is 12.1. The Hall–Kier alpha value is -0.678. The number of rotatable bonds is 5. The normalized spacial score (nSPS) is 13.2. The first-order chi connectivity index (χ1) is 17.7. The molecule has 0 fully saturated rings. The van der Waals surface area contributed by atoms with E-state index in [4.69, 9.17) is 19.9 Å². The molecule has 0 saturated carbocycles. The SMILES string of the molecule is C[Si](C)(C)[N-][Si](C)(C)C.Cc1cc(C(C)(C)C)nn1[BH-](n1nc(C(C)(C)C)cc1C)n1nc(C(C)(C)C)cc1C.[Tm]. The zero-order chi connectivity index (χ0) is 31.2. The van der Waals surface area contributed by atoms with Gasteiger partial charge < -0.3 is 18.4 Å². The minimum atomic E-state index is -1.42. The molecule has 11 heteroatoms. The van der Waals surface area contributed by atoms with Crippen LogP contribution in [0.15, 0.2) is 18.2 Å². The monoisotopic (exact) mass is 752 g/mol. The molecule has 0 aliphatic rings. The Labute approximate surface area is 283 Å². The maximum Gasteiger partial charge on any atom is 0.326 e. The average molecular weight is 753 g/mol. The van der Waals surface area contributed by atoms with Crippen LogP contribution in [0.5, 0.6) is 0 Å². The summed E-state index contributed by atoms with van der Waals surface area (Å²) in [4.78, 5) is 0. The van der Waals surface area contributed by atoms with Crippen molar-refractivity contribution >= 4 is 23.6 Å². The van der Waals surface area contributed by atoms with Crippen LogP contribution in [-0.4, -0.2) is 52.7 Å². The molecule has 3 heterocycles. The Morgan fingerprint density at radius 3 is 0.878 bits per heavy atom. The van der Waals surface area contributed by atoms with Gasteiger partial charge in [0.05, 0.1) is 17.1 Å². The summed E-state index contributed by atoms with van der Waals surface area (Å²) in [6.45, 7) is 40.0. The van der Waals surface area contributed by atoms with Gasteiger partial charge in [-0.3, -0.25) is 0 Å². The third-order valence-electron chi connectivity index (χ3n) is 6.72. The number of aryl methyl sites for hydroxylation is 3. The van der Waals surface area contributed by atoms with Gasteiger partial charge in [0.15, 0.2) is 0 Å². The molecule has 3 rings (SSSR count). The van der Waals surface area contributed by atoms with E-state index in [2.05, 4.69) is 154 Å². The van der Waals surface area contributed by atoms with Gasteiger partial charge in [-0.25, -0.2) is 15.3 Å². The molecule has 0 aliphatic heterocycles. The maximum absolute atomic E-state index is 5.09.